The number of carbonyl (C=O) groups excluding carboxylic acids is 1. The molecule has 0 aromatic heterocycles. The van der Waals surface area contributed by atoms with Gasteiger partial charge in [-0.05, 0) is 0 Å². The molecule has 4 heteroatoms. The summed E-state index contributed by atoms with van der Waals surface area (Å²) in [6.45, 7) is 1.73. The molecular weight excluding hydrogens is 245 g/mol. The maximum atomic E-state index is 11.1. The molecule has 0 N–H and O–H groups in total. The standard InChI is InChI=1S/C6H11INO2/c1-4-5-6(9)8(3,10)7-2/h4-5H,1-3H3/q-1/b5-4-. The number of alkyl halides is 1. The van der Waals surface area contributed by atoms with Crippen LogP contribution in [0.5, 0.6) is 0 Å². The van der Waals surface area contributed by atoms with E-state index in [0.717, 1.165) is 0 Å². The molecule has 60 valence electrons. The summed E-state index contributed by atoms with van der Waals surface area (Å²) < 4.78 is -0.705. The summed E-state index contributed by atoms with van der Waals surface area (Å²) in [5, 5.41) is 11.1. The van der Waals surface area contributed by atoms with E-state index in [4.69, 9.17) is 0 Å². The first kappa shape index (κ1) is 10.1. The van der Waals surface area contributed by atoms with E-state index in [2.05, 4.69) is 0 Å². The van der Waals surface area contributed by atoms with Gasteiger partial charge in [-0.2, -0.15) is 0 Å². The van der Waals surface area contributed by atoms with E-state index in [9.17, 15) is 10.0 Å². The molecule has 0 saturated carbocycles. The number of carbonyl (C=O) groups is 1. The van der Waals surface area contributed by atoms with Crippen LogP contribution in [0.3, 0.4) is 0 Å². The third kappa shape index (κ3) is 2.76. The van der Waals surface area contributed by atoms with Crippen LogP contribution in [0, 0.1) is 5.21 Å². The Hall–Kier alpha value is 0.0600. The second-order valence-corrected chi connectivity index (χ2v) is 4.63. The summed E-state index contributed by atoms with van der Waals surface area (Å²) in [5.74, 6) is -0.349. The van der Waals surface area contributed by atoms with Crippen molar-refractivity contribution >= 4 is 5.91 Å². The van der Waals surface area contributed by atoms with Crippen LogP contribution in [-0.4, -0.2) is 20.7 Å². The molecule has 0 aliphatic heterocycles. The van der Waals surface area contributed by atoms with Gasteiger partial charge in [0.25, 0.3) is 0 Å². The van der Waals surface area contributed by atoms with Crippen molar-refractivity contribution < 1.29 is 29.1 Å². The van der Waals surface area contributed by atoms with E-state index in [1.165, 1.54) is 13.1 Å². The zero-order valence-corrected chi connectivity index (χ0v) is 8.45. The summed E-state index contributed by atoms with van der Waals surface area (Å²) in [7, 11) is 1.40. The number of halogens is 1. The van der Waals surface area contributed by atoms with Crippen molar-refractivity contribution in [2.24, 2.45) is 0 Å². The van der Waals surface area contributed by atoms with Gasteiger partial charge < -0.3 is 0 Å². The quantitative estimate of drug-likeness (QED) is 0.183. The van der Waals surface area contributed by atoms with Crippen LogP contribution >= 0.6 is 0 Å². The minimum atomic E-state index is -0.705. The van der Waals surface area contributed by atoms with E-state index in [1.807, 2.05) is 0 Å². The number of hydrogen-bond acceptors (Lipinski definition) is 2. The summed E-state index contributed by atoms with van der Waals surface area (Å²) in [5.41, 5.74) is 0. The Labute approximate surface area is 71.5 Å². The van der Waals surface area contributed by atoms with Crippen molar-refractivity contribution in [2.75, 3.05) is 12.0 Å². The number of rotatable bonds is 2. The first-order chi connectivity index (χ1) is 4.54. The number of nitrogens with zero attached hydrogens (tertiary/aromatic N) is 1. The monoisotopic (exact) mass is 256 g/mol. The SMILES string of the molecule is C/C=C\C(=O)[N+](C)([O-])[I-]C. The number of allylic oxidation sites excluding steroid dienone is 1. The summed E-state index contributed by atoms with van der Waals surface area (Å²) in [6.07, 6.45) is 2.92. The van der Waals surface area contributed by atoms with Crippen LogP contribution in [0.4, 0.5) is 0 Å². The second kappa shape index (κ2) is 4.05. The molecule has 0 heterocycles. The van der Waals surface area contributed by atoms with Crippen LogP contribution in [0.1, 0.15) is 6.92 Å². The first-order valence-corrected chi connectivity index (χ1v) is 5.93. The fourth-order valence-corrected chi connectivity index (χ4v) is 0.995. The molecule has 10 heavy (non-hydrogen) atoms. The van der Waals surface area contributed by atoms with Gasteiger partial charge in [-0.15, -0.1) is 0 Å². The van der Waals surface area contributed by atoms with Crippen molar-refractivity contribution in [3.63, 3.8) is 0 Å². The molecule has 0 saturated heterocycles. The molecule has 0 aromatic rings. The molecule has 0 aromatic carbocycles. The molecule has 0 rings (SSSR count). The summed E-state index contributed by atoms with van der Waals surface area (Å²) >= 11 is -0.611. The number of amides is 1. The van der Waals surface area contributed by atoms with E-state index in [0.29, 0.717) is 0 Å². The van der Waals surface area contributed by atoms with Crippen LogP contribution < -0.4 is 21.5 Å². The molecule has 0 fully saturated rings. The van der Waals surface area contributed by atoms with Gasteiger partial charge in [0, 0.05) is 0 Å². The van der Waals surface area contributed by atoms with Gasteiger partial charge in [0.2, 0.25) is 0 Å². The molecular formula is C6H11INO2-. The van der Waals surface area contributed by atoms with Gasteiger partial charge in [0.1, 0.15) is 0 Å². The summed E-state index contributed by atoms with van der Waals surface area (Å²) in [4.78, 5) is 12.7. The van der Waals surface area contributed by atoms with Crippen molar-refractivity contribution in [3.8, 4) is 0 Å². The average molecular weight is 256 g/mol. The van der Waals surface area contributed by atoms with Crippen molar-refractivity contribution in [1.82, 2.24) is 0 Å². The molecule has 0 spiro atoms. The molecule has 1 amide bonds. The van der Waals surface area contributed by atoms with Crippen molar-refractivity contribution in [1.29, 1.82) is 0 Å². The number of likely N-dealkylation sites (N-methyl/N-ethyl adjacent to an activating group) is 1. The predicted octanol–water partition coefficient (Wildman–Crippen LogP) is -2.33. The Morgan fingerprint density at radius 2 is 2.20 bits per heavy atom. The third-order valence-corrected chi connectivity index (χ3v) is 3.34. The molecule has 0 bridgehead atoms. The number of quaternary nitrogens is 1. The maximum absolute atomic E-state index is 11.1. The minimum absolute atomic E-state index is 0.349. The van der Waals surface area contributed by atoms with Crippen molar-refractivity contribution in [2.45, 2.75) is 6.92 Å². The Morgan fingerprint density at radius 1 is 1.70 bits per heavy atom. The van der Waals surface area contributed by atoms with Crippen LogP contribution in [0.15, 0.2) is 12.2 Å². The third-order valence-electron chi connectivity index (χ3n) is 1.03. The number of hydroxylamine groups is 2. The molecule has 0 aliphatic carbocycles. The van der Waals surface area contributed by atoms with E-state index < -0.39 is 24.3 Å². The zero-order valence-electron chi connectivity index (χ0n) is 6.30. The van der Waals surface area contributed by atoms with Gasteiger partial charge in [-0.3, -0.25) is 0 Å². The fourth-order valence-electron chi connectivity index (χ4n) is 0.359. The molecule has 0 aliphatic rings. The molecule has 1 unspecified atom stereocenters. The van der Waals surface area contributed by atoms with Gasteiger partial charge >= 0.3 is 71.3 Å². The van der Waals surface area contributed by atoms with Gasteiger partial charge in [-0.1, -0.05) is 0 Å². The van der Waals surface area contributed by atoms with Gasteiger partial charge in [-0.25, -0.2) is 0 Å². The molecule has 1 atom stereocenters. The Balaban J connectivity index is 4.18. The molecule has 3 nitrogen and oxygen atoms in total. The Kier molecular flexibility index (Phi) is 4.07. The van der Waals surface area contributed by atoms with E-state index in [1.54, 1.807) is 17.9 Å². The fraction of sp³-hybridized carbons (Fsp3) is 0.500. The average Bonchev–Trinajstić information content (AvgIpc) is 1.89. The first-order valence-electron chi connectivity index (χ1n) is 2.80. The summed E-state index contributed by atoms with van der Waals surface area (Å²) in [6, 6.07) is 0. The van der Waals surface area contributed by atoms with Gasteiger partial charge in [0.15, 0.2) is 0 Å². The Morgan fingerprint density at radius 3 is 2.50 bits per heavy atom. The topological polar surface area (TPSA) is 40.1 Å². The normalized spacial score (nSPS) is 17.6. The van der Waals surface area contributed by atoms with Gasteiger partial charge in [0.05, 0.1) is 0 Å². The van der Waals surface area contributed by atoms with Crippen LogP contribution in [0.2, 0.25) is 0 Å². The Bertz CT molecular complexity index is 154. The zero-order chi connectivity index (χ0) is 8.20. The van der Waals surface area contributed by atoms with E-state index in [-0.39, 0.29) is 5.91 Å². The van der Waals surface area contributed by atoms with Crippen LogP contribution in [0.25, 0.3) is 0 Å². The van der Waals surface area contributed by atoms with E-state index >= 15 is 0 Å². The second-order valence-electron chi connectivity index (χ2n) is 1.83. The van der Waals surface area contributed by atoms with Crippen LogP contribution in [-0.2, 0) is 4.79 Å². The number of hydrogen-bond donors (Lipinski definition) is 0. The molecule has 0 radical (unpaired) electrons. The van der Waals surface area contributed by atoms with Crippen molar-refractivity contribution in [3.05, 3.63) is 17.4 Å². The predicted molar refractivity (Wildman–Crippen MR) is 35.3 cm³/mol.